The second-order valence-corrected chi connectivity index (χ2v) is 4.78. The van der Waals surface area contributed by atoms with Gasteiger partial charge in [0.15, 0.2) is 0 Å². The summed E-state index contributed by atoms with van der Waals surface area (Å²) in [5.74, 6) is 5.19. The van der Waals surface area contributed by atoms with Gasteiger partial charge >= 0.3 is 0 Å². The molecule has 0 amide bonds. The van der Waals surface area contributed by atoms with Gasteiger partial charge in [0.25, 0.3) is 10.0 Å². The normalized spacial score (nSPS) is 10.9. The first-order chi connectivity index (χ1) is 8.63. The van der Waals surface area contributed by atoms with Gasteiger partial charge in [-0.05, 0) is 18.2 Å². The third-order valence-electron chi connectivity index (χ3n) is 1.97. The van der Waals surface area contributed by atoms with Gasteiger partial charge in [-0.15, -0.1) is 0 Å². The Morgan fingerprint density at radius 1 is 1.06 bits per heavy atom. The lowest BCUT2D eigenvalue weighted by Crippen LogP contribution is -2.19. The van der Waals surface area contributed by atoms with E-state index in [0.29, 0.717) is 0 Å². The van der Waals surface area contributed by atoms with Gasteiger partial charge in [0, 0.05) is 18.6 Å². The third-order valence-corrected chi connectivity index (χ3v) is 3.26. The minimum Gasteiger partial charge on any atom is -0.321 e. The van der Waals surface area contributed by atoms with E-state index in [1.54, 1.807) is 12.1 Å². The van der Waals surface area contributed by atoms with Gasteiger partial charge in [-0.1, -0.05) is 0 Å². The molecule has 8 nitrogen and oxygen atoms in total. The number of hydrogen-bond donors (Lipinski definition) is 3. The summed E-state index contributed by atoms with van der Waals surface area (Å²) in [6.45, 7) is 0. The lowest BCUT2D eigenvalue weighted by molar-refractivity contribution is 0.597. The highest BCUT2D eigenvalue weighted by molar-refractivity contribution is 7.92. The molecule has 2 heterocycles. The van der Waals surface area contributed by atoms with E-state index in [9.17, 15) is 8.42 Å². The van der Waals surface area contributed by atoms with Gasteiger partial charge in [0.1, 0.15) is 0 Å². The van der Waals surface area contributed by atoms with Gasteiger partial charge in [0.2, 0.25) is 11.0 Å². The van der Waals surface area contributed by atoms with Gasteiger partial charge in [-0.25, -0.2) is 19.7 Å². The maximum absolute atomic E-state index is 12.0. The minimum atomic E-state index is -3.88. The van der Waals surface area contributed by atoms with Crippen molar-refractivity contribution in [3.8, 4) is 0 Å². The van der Waals surface area contributed by atoms with Crippen molar-refractivity contribution in [3.63, 3.8) is 0 Å². The number of aromatic nitrogens is 3. The standard InChI is InChI=1S/C9H10N6O2S/c10-14-7-3-1-4-11-8(7)18(16,17)15-9-12-5-2-6-13-9/h1-6,14H,10H2,(H,12,13,15). The highest BCUT2D eigenvalue weighted by Crippen LogP contribution is 2.18. The fourth-order valence-corrected chi connectivity index (χ4v) is 2.29. The third kappa shape index (κ3) is 2.52. The van der Waals surface area contributed by atoms with Crippen LogP contribution in [0, 0.1) is 0 Å². The summed E-state index contributed by atoms with van der Waals surface area (Å²) in [6.07, 6.45) is 4.19. The van der Waals surface area contributed by atoms with Crippen molar-refractivity contribution in [2.75, 3.05) is 10.1 Å². The summed E-state index contributed by atoms with van der Waals surface area (Å²) in [5.41, 5.74) is 2.45. The molecule has 0 spiro atoms. The Labute approximate surface area is 103 Å². The summed E-state index contributed by atoms with van der Waals surface area (Å²) in [6, 6.07) is 4.63. The van der Waals surface area contributed by atoms with Crippen molar-refractivity contribution in [1.82, 2.24) is 15.0 Å². The summed E-state index contributed by atoms with van der Waals surface area (Å²) >= 11 is 0. The van der Waals surface area contributed by atoms with Crippen LogP contribution in [-0.4, -0.2) is 23.4 Å². The summed E-state index contributed by atoms with van der Waals surface area (Å²) in [7, 11) is -3.88. The highest BCUT2D eigenvalue weighted by Gasteiger charge is 2.20. The molecule has 4 N–H and O–H groups in total. The van der Waals surface area contributed by atoms with Crippen molar-refractivity contribution in [2.45, 2.75) is 5.03 Å². The quantitative estimate of drug-likeness (QED) is 0.524. The average molecular weight is 266 g/mol. The molecule has 0 aliphatic rings. The van der Waals surface area contributed by atoms with E-state index in [-0.39, 0.29) is 16.7 Å². The Balaban J connectivity index is 2.37. The number of pyridine rings is 1. The van der Waals surface area contributed by atoms with Gasteiger partial charge in [-0.3, -0.25) is 5.84 Å². The first kappa shape index (κ1) is 12.2. The molecule has 0 saturated heterocycles. The fourth-order valence-electron chi connectivity index (χ4n) is 1.24. The molecule has 0 atom stereocenters. The monoisotopic (exact) mass is 266 g/mol. The number of nitrogens with two attached hydrogens (primary N) is 1. The van der Waals surface area contributed by atoms with Gasteiger partial charge in [-0.2, -0.15) is 8.42 Å². The molecule has 94 valence electrons. The summed E-state index contributed by atoms with van der Waals surface area (Å²) < 4.78 is 26.3. The largest absolute Gasteiger partial charge is 0.321 e. The predicted octanol–water partition coefficient (Wildman–Crippen LogP) is -0.0420. The Morgan fingerprint density at radius 2 is 1.72 bits per heavy atom. The van der Waals surface area contributed by atoms with Gasteiger partial charge < -0.3 is 5.43 Å². The molecule has 2 rings (SSSR count). The maximum atomic E-state index is 12.0. The summed E-state index contributed by atoms with van der Waals surface area (Å²) in [4.78, 5) is 11.3. The molecule has 0 aliphatic heterocycles. The van der Waals surface area contributed by atoms with Crippen LogP contribution >= 0.6 is 0 Å². The smallest absolute Gasteiger partial charge is 0.283 e. The molecule has 0 aromatic carbocycles. The first-order valence-corrected chi connectivity index (χ1v) is 6.33. The van der Waals surface area contributed by atoms with Crippen LogP contribution in [-0.2, 0) is 10.0 Å². The molecule has 0 bridgehead atoms. The SMILES string of the molecule is NNc1cccnc1S(=O)(=O)Nc1ncccn1. The zero-order valence-electron chi connectivity index (χ0n) is 9.11. The number of nitrogens with one attached hydrogen (secondary N) is 2. The lowest BCUT2D eigenvalue weighted by atomic mass is 10.4. The molecule has 2 aromatic rings. The Morgan fingerprint density at radius 3 is 2.39 bits per heavy atom. The number of rotatable bonds is 4. The van der Waals surface area contributed by atoms with Crippen molar-refractivity contribution in [2.24, 2.45) is 5.84 Å². The van der Waals surface area contributed by atoms with E-state index < -0.39 is 10.0 Å². The summed E-state index contributed by atoms with van der Waals surface area (Å²) in [5, 5.41) is -0.222. The van der Waals surface area contributed by atoms with Crippen LogP contribution in [0.2, 0.25) is 0 Å². The van der Waals surface area contributed by atoms with E-state index in [2.05, 4.69) is 25.1 Å². The number of anilines is 2. The number of nitrogens with zero attached hydrogens (tertiary/aromatic N) is 3. The minimum absolute atomic E-state index is 0.0360. The molecule has 0 saturated carbocycles. The van der Waals surface area contributed by atoms with E-state index in [1.807, 2.05) is 0 Å². The fraction of sp³-hybridized carbons (Fsp3) is 0. The Bertz CT molecular complexity index is 631. The first-order valence-electron chi connectivity index (χ1n) is 4.85. The van der Waals surface area contributed by atoms with Crippen LogP contribution in [0.3, 0.4) is 0 Å². The van der Waals surface area contributed by atoms with Crippen molar-refractivity contribution < 1.29 is 8.42 Å². The molecular weight excluding hydrogens is 256 g/mol. The van der Waals surface area contributed by atoms with Crippen molar-refractivity contribution in [3.05, 3.63) is 36.8 Å². The second-order valence-electron chi connectivity index (χ2n) is 3.18. The van der Waals surface area contributed by atoms with Crippen molar-refractivity contribution >= 4 is 21.7 Å². The maximum Gasteiger partial charge on any atom is 0.283 e. The Kier molecular flexibility index (Phi) is 3.35. The molecule has 18 heavy (non-hydrogen) atoms. The second kappa shape index (κ2) is 4.94. The van der Waals surface area contributed by atoms with Crippen LogP contribution in [0.25, 0.3) is 0 Å². The van der Waals surface area contributed by atoms with Gasteiger partial charge in [0.05, 0.1) is 5.69 Å². The van der Waals surface area contributed by atoms with E-state index in [4.69, 9.17) is 5.84 Å². The molecular formula is C9H10N6O2S. The zero-order chi connectivity index (χ0) is 13.0. The molecule has 0 radical (unpaired) electrons. The lowest BCUT2D eigenvalue weighted by Gasteiger charge is -2.09. The van der Waals surface area contributed by atoms with E-state index in [1.165, 1.54) is 24.7 Å². The molecule has 2 aromatic heterocycles. The van der Waals surface area contributed by atoms with Crippen LogP contribution in [0.4, 0.5) is 11.6 Å². The number of sulfonamides is 1. The molecule has 0 unspecified atom stereocenters. The molecule has 9 heteroatoms. The number of hydrogen-bond acceptors (Lipinski definition) is 7. The predicted molar refractivity (Wildman–Crippen MR) is 64.9 cm³/mol. The van der Waals surface area contributed by atoms with E-state index in [0.717, 1.165) is 0 Å². The molecule has 0 fully saturated rings. The van der Waals surface area contributed by atoms with E-state index >= 15 is 0 Å². The average Bonchev–Trinajstić information content (AvgIpc) is 2.39. The van der Waals surface area contributed by atoms with Crippen LogP contribution in [0.1, 0.15) is 0 Å². The highest BCUT2D eigenvalue weighted by atomic mass is 32.2. The molecule has 0 aliphatic carbocycles. The zero-order valence-corrected chi connectivity index (χ0v) is 9.92. The number of nitrogen functional groups attached to an aromatic ring is 1. The topological polar surface area (TPSA) is 123 Å². The van der Waals surface area contributed by atoms with Crippen LogP contribution < -0.4 is 16.0 Å². The van der Waals surface area contributed by atoms with Crippen LogP contribution in [0.15, 0.2) is 41.8 Å². The Hall–Kier alpha value is -2.26. The number of hydrazine groups is 1. The van der Waals surface area contributed by atoms with Crippen LogP contribution in [0.5, 0.6) is 0 Å². The van der Waals surface area contributed by atoms with Crippen molar-refractivity contribution in [1.29, 1.82) is 0 Å².